The van der Waals surface area contributed by atoms with Gasteiger partial charge in [0.1, 0.15) is 16.7 Å². The summed E-state index contributed by atoms with van der Waals surface area (Å²) in [5.41, 5.74) is 0.864. The molecule has 0 fully saturated rings. The van der Waals surface area contributed by atoms with Crippen LogP contribution in [0.25, 0.3) is 0 Å². The molecule has 21 heavy (non-hydrogen) atoms. The average Bonchev–Trinajstić information content (AvgIpc) is 2.44. The van der Waals surface area contributed by atoms with E-state index in [2.05, 4.69) is 25.5 Å². The molecule has 0 bridgehead atoms. The van der Waals surface area contributed by atoms with E-state index in [1.165, 1.54) is 4.68 Å². The van der Waals surface area contributed by atoms with Crippen molar-refractivity contribution in [3.05, 3.63) is 32.6 Å². The molecule has 10 heteroatoms. The summed E-state index contributed by atoms with van der Waals surface area (Å²) in [6.07, 6.45) is 0. The number of nitrogens with zero attached hydrogens (tertiary/aromatic N) is 4. The highest BCUT2D eigenvalue weighted by Gasteiger charge is 2.12. The van der Waals surface area contributed by atoms with Gasteiger partial charge >= 0.3 is 11.1 Å². The minimum absolute atomic E-state index is 0.116. The Kier molecular flexibility index (Phi) is 4.38. The molecule has 0 spiro atoms. The maximum absolute atomic E-state index is 11.3. The molecule has 0 saturated carbocycles. The molecule has 112 valence electrons. The molecule has 0 aliphatic carbocycles. The average molecular weight is 309 g/mol. The van der Waals surface area contributed by atoms with Gasteiger partial charge in [0.15, 0.2) is 5.16 Å². The van der Waals surface area contributed by atoms with E-state index in [-0.39, 0.29) is 5.92 Å². The molecule has 0 aliphatic rings. The Labute approximate surface area is 124 Å². The molecule has 0 unspecified atom stereocenters. The molecular weight excluding hydrogens is 294 g/mol. The van der Waals surface area contributed by atoms with Crippen molar-refractivity contribution in [2.75, 3.05) is 5.43 Å². The van der Waals surface area contributed by atoms with Crippen molar-refractivity contribution in [1.29, 1.82) is 0 Å². The number of H-pyrrole nitrogens is 1. The van der Waals surface area contributed by atoms with Crippen LogP contribution in [-0.4, -0.2) is 24.7 Å². The van der Waals surface area contributed by atoms with Crippen LogP contribution in [-0.2, 0) is 7.05 Å². The first-order valence-corrected chi connectivity index (χ1v) is 6.93. The predicted molar refractivity (Wildman–Crippen MR) is 78.2 cm³/mol. The smallest absolute Gasteiger partial charge is 0.308 e. The van der Waals surface area contributed by atoms with Crippen molar-refractivity contribution in [3.8, 4) is 0 Å². The SMILES string of the molecule is CC(C)c1nc(NN)cc(Sc2nc(=O)c(=O)[nH]n2C)n1. The Hall–Kier alpha value is -2.20. The molecule has 0 radical (unpaired) electrons. The normalized spacial score (nSPS) is 10.9. The number of nitrogen functional groups attached to an aromatic ring is 1. The topological polar surface area (TPSA) is 132 Å². The van der Waals surface area contributed by atoms with Crippen LogP contribution in [0.2, 0.25) is 0 Å². The largest absolute Gasteiger partial charge is 0.339 e. The van der Waals surface area contributed by atoms with Gasteiger partial charge in [-0.15, -0.1) is 0 Å². The zero-order valence-corrected chi connectivity index (χ0v) is 12.6. The fourth-order valence-corrected chi connectivity index (χ4v) is 2.28. The first kappa shape index (κ1) is 15.2. The fraction of sp³-hybridized carbons (Fsp3) is 0.364. The highest BCUT2D eigenvalue weighted by molar-refractivity contribution is 7.99. The molecule has 2 rings (SSSR count). The standard InChI is InChI=1S/C11H15N7O2S/c1-5(2)8-13-6(16-12)4-7(14-8)21-11-15-9(19)10(20)17-18(11)3/h4-5H,12H2,1-3H3,(H,17,20)(H,13,14,16). The summed E-state index contributed by atoms with van der Waals surface area (Å²) in [6, 6.07) is 1.63. The van der Waals surface area contributed by atoms with Crippen molar-refractivity contribution < 1.29 is 0 Å². The van der Waals surface area contributed by atoms with Crippen LogP contribution in [0.1, 0.15) is 25.6 Å². The summed E-state index contributed by atoms with van der Waals surface area (Å²) in [6.45, 7) is 3.91. The van der Waals surface area contributed by atoms with E-state index < -0.39 is 11.1 Å². The molecule has 9 nitrogen and oxygen atoms in total. The zero-order valence-electron chi connectivity index (χ0n) is 11.7. The molecule has 0 aromatic carbocycles. The van der Waals surface area contributed by atoms with Crippen LogP contribution in [0.3, 0.4) is 0 Å². The molecule has 2 heterocycles. The number of hydrazine groups is 1. The first-order valence-electron chi connectivity index (χ1n) is 6.11. The molecular formula is C11H15N7O2S. The number of hydrogen-bond donors (Lipinski definition) is 3. The van der Waals surface area contributed by atoms with Crippen molar-refractivity contribution >= 4 is 17.6 Å². The maximum atomic E-state index is 11.3. The van der Waals surface area contributed by atoms with E-state index in [0.717, 1.165) is 11.8 Å². The quantitative estimate of drug-likeness (QED) is 0.307. The van der Waals surface area contributed by atoms with Gasteiger partial charge in [0, 0.05) is 19.0 Å². The Morgan fingerprint density at radius 1 is 1.33 bits per heavy atom. The zero-order chi connectivity index (χ0) is 15.6. The number of anilines is 1. The highest BCUT2D eigenvalue weighted by Crippen LogP contribution is 2.25. The van der Waals surface area contributed by atoms with E-state index in [9.17, 15) is 9.59 Å². The number of aromatic amines is 1. The number of hydrogen-bond acceptors (Lipinski definition) is 8. The third-order valence-electron chi connectivity index (χ3n) is 2.53. The second-order valence-electron chi connectivity index (χ2n) is 4.55. The molecule has 0 atom stereocenters. The van der Waals surface area contributed by atoms with Crippen LogP contribution in [0.5, 0.6) is 0 Å². The lowest BCUT2D eigenvalue weighted by atomic mass is 10.2. The first-order chi connectivity index (χ1) is 9.90. The van der Waals surface area contributed by atoms with E-state index in [1.54, 1.807) is 13.1 Å². The van der Waals surface area contributed by atoms with Gasteiger partial charge in [-0.25, -0.2) is 15.8 Å². The fourth-order valence-electron chi connectivity index (χ4n) is 1.47. The van der Waals surface area contributed by atoms with Gasteiger partial charge in [-0.2, -0.15) is 4.98 Å². The molecule has 2 aromatic rings. The number of nitrogens with two attached hydrogens (primary N) is 1. The van der Waals surface area contributed by atoms with E-state index in [4.69, 9.17) is 5.84 Å². The van der Waals surface area contributed by atoms with E-state index >= 15 is 0 Å². The highest BCUT2D eigenvalue weighted by atomic mass is 32.2. The van der Waals surface area contributed by atoms with Gasteiger partial charge in [-0.3, -0.25) is 19.4 Å². The maximum Gasteiger partial charge on any atom is 0.339 e. The van der Waals surface area contributed by atoms with Crippen LogP contribution >= 0.6 is 11.8 Å². The monoisotopic (exact) mass is 309 g/mol. The molecule has 2 aromatic heterocycles. The molecule has 4 N–H and O–H groups in total. The van der Waals surface area contributed by atoms with Crippen molar-refractivity contribution in [1.82, 2.24) is 24.7 Å². The van der Waals surface area contributed by atoms with Gasteiger partial charge < -0.3 is 5.43 Å². The second kappa shape index (κ2) is 6.06. The van der Waals surface area contributed by atoms with Crippen molar-refractivity contribution in [2.24, 2.45) is 12.9 Å². The predicted octanol–water partition coefficient (Wildman–Crippen LogP) is -0.181. The van der Waals surface area contributed by atoms with Crippen LogP contribution in [0.15, 0.2) is 25.8 Å². The summed E-state index contributed by atoms with van der Waals surface area (Å²) >= 11 is 1.13. The number of rotatable bonds is 4. The van der Waals surface area contributed by atoms with E-state index in [1.807, 2.05) is 13.8 Å². The van der Waals surface area contributed by atoms with Gasteiger partial charge in [0.2, 0.25) is 0 Å². The summed E-state index contributed by atoms with van der Waals surface area (Å²) in [5.74, 6) is 6.58. The summed E-state index contributed by atoms with van der Waals surface area (Å²) in [5, 5.41) is 3.26. The molecule has 0 aliphatic heterocycles. The molecule has 0 amide bonds. The minimum Gasteiger partial charge on any atom is -0.308 e. The lowest BCUT2D eigenvalue weighted by Gasteiger charge is -2.10. The summed E-state index contributed by atoms with van der Waals surface area (Å²) in [7, 11) is 1.59. The lowest BCUT2D eigenvalue weighted by molar-refractivity contribution is 0.596. The molecule has 0 saturated heterocycles. The minimum atomic E-state index is -0.842. The Balaban J connectivity index is 2.44. The Bertz CT molecular complexity index is 768. The third-order valence-corrected chi connectivity index (χ3v) is 3.49. The Morgan fingerprint density at radius 3 is 2.67 bits per heavy atom. The summed E-state index contributed by atoms with van der Waals surface area (Å²) in [4.78, 5) is 34.8. The second-order valence-corrected chi connectivity index (χ2v) is 5.54. The van der Waals surface area contributed by atoms with Gasteiger partial charge in [-0.05, 0) is 11.8 Å². The lowest BCUT2D eigenvalue weighted by Crippen LogP contribution is -2.33. The van der Waals surface area contributed by atoms with Gasteiger partial charge in [-0.1, -0.05) is 13.8 Å². The van der Waals surface area contributed by atoms with E-state index in [0.29, 0.717) is 21.8 Å². The summed E-state index contributed by atoms with van der Waals surface area (Å²) < 4.78 is 1.36. The van der Waals surface area contributed by atoms with Crippen LogP contribution < -0.4 is 22.4 Å². The van der Waals surface area contributed by atoms with Crippen molar-refractivity contribution in [3.63, 3.8) is 0 Å². The number of aryl methyl sites for hydroxylation is 1. The van der Waals surface area contributed by atoms with Crippen LogP contribution in [0.4, 0.5) is 5.82 Å². The van der Waals surface area contributed by atoms with Crippen LogP contribution in [0, 0.1) is 0 Å². The van der Waals surface area contributed by atoms with Gasteiger partial charge in [0.25, 0.3) is 0 Å². The van der Waals surface area contributed by atoms with Gasteiger partial charge in [0.05, 0.1) is 0 Å². The third kappa shape index (κ3) is 3.47. The number of aromatic nitrogens is 5. The van der Waals surface area contributed by atoms with Crippen molar-refractivity contribution in [2.45, 2.75) is 29.9 Å². The Morgan fingerprint density at radius 2 is 2.05 bits per heavy atom. The number of nitrogens with one attached hydrogen (secondary N) is 2.